The number of hydrogen-bond donors (Lipinski definition) is 1. The average molecular weight is 521 g/mol. The predicted molar refractivity (Wildman–Crippen MR) is 151 cm³/mol. The molecule has 4 nitrogen and oxygen atoms in total. The molecule has 5 rings (SSSR count). The van der Waals surface area contributed by atoms with E-state index in [1.54, 1.807) is 5.57 Å². The van der Waals surface area contributed by atoms with Gasteiger partial charge in [0, 0.05) is 5.92 Å². The molecular weight excluding hydrogens is 472 g/mol. The second kappa shape index (κ2) is 10.8. The van der Waals surface area contributed by atoms with Crippen LogP contribution < -0.4 is 0 Å². The van der Waals surface area contributed by atoms with Gasteiger partial charge in [0.1, 0.15) is 6.10 Å². The molecule has 0 radical (unpaired) electrons. The Balaban J connectivity index is 1.41. The van der Waals surface area contributed by atoms with Crippen LogP contribution in [0.1, 0.15) is 115 Å². The van der Waals surface area contributed by atoms with Crippen molar-refractivity contribution in [3.63, 3.8) is 0 Å². The molecular formula is C34H48O4. The molecule has 4 aliphatic rings. The van der Waals surface area contributed by atoms with Gasteiger partial charge in [-0.3, -0.25) is 4.79 Å². The third kappa shape index (κ3) is 4.86. The lowest BCUT2D eigenvalue weighted by Crippen LogP contribution is -2.58. The molecule has 1 aromatic rings. The van der Waals surface area contributed by atoms with Crippen LogP contribution in [0, 0.1) is 40.4 Å². The van der Waals surface area contributed by atoms with Crippen LogP contribution in [-0.4, -0.2) is 23.1 Å². The minimum absolute atomic E-state index is 0.00424. The standard InChI is InChI=1S/C34H48O4/c1-22(11-10-12-23(2)31(35)36)26-16-17-27-30-28(18-20-34(26,27)4)33(3)19-9-8-15-25(33)21-29(30)38-32(37)24-13-6-5-7-14-24/h5-7,13-14,23,25,27-30H,8-12,15-21H2,1-4H3,(H,35,36)/b26-22+/t23-,25+,27?,28?,29+,30?,33-,34+/m0/s1. The highest BCUT2D eigenvalue weighted by Gasteiger charge is 2.62. The molecule has 4 fully saturated rings. The van der Waals surface area contributed by atoms with Crippen molar-refractivity contribution in [2.45, 2.75) is 111 Å². The van der Waals surface area contributed by atoms with Gasteiger partial charge in [-0.25, -0.2) is 4.79 Å². The molecule has 0 heterocycles. The van der Waals surface area contributed by atoms with Crippen molar-refractivity contribution < 1.29 is 19.4 Å². The Labute approximate surface area is 229 Å². The van der Waals surface area contributed by atoms with Gasteiger partial charge in [0.25, 0.3) is 0 Å². The third-order valence-electron chi connectivity index (χ3n) is 11.8. The summed E-state index contributed by atoms with van der Waals surface area (Å²) in [4.78, 5) is 24.6. The van der Waals surface area contributed by atoms with E-state index in [-0.39, 0.29) is 23.4 Å². The van der Waals surface area contributed by atoms with Crippen molar-refractivity contribution in [3.8, 4) is 0 Å². The van der Waals surface area contributed by atoms with E-state index in [0.717, 1.165) is 32.1 Å². The summed E-state index contributed by atoms with van der Waals surface area (Å²) in [6.45, 7) is 9.20. The van der Waals surface area contributed by atoms with Crippen molar-refractivity contribution in [2.24, 2.45) is 40.4 Å². The van der Waals surface area contributed by atoms with Gasteiger partial charge in [0.05, 0.1) is 11.5 Å². The van der Waals surface area contributed by atoms with Gasteiger partial charge in [0.15, 0.2) is 0 Å². The molecule has 4 aliphatic carbocycles. The van der Waals surface area contributed by atoms with Gasteiger partial charge < -0.3 is 9.84 Å². The third-order valence-corrected chi connectivity index (χ3v) is 11.8. The molecule has 0 amide bonds. The Morgan fingerprint density at radius 2 is 1.82 bits per heavy atom. The Morgan fingerprint density at radius 1 is 1.05 bits per heavy atom. The quantitative estimate of drug-likeness (QED) is 0.289. The number of carboxylic acids is 1. The number of allylic oxidation sites excluding steroid dienone is 2. The summed E-state index contributed by atoms with van der Waals surface area (Å²) < 4.78 is 6.49. The summed E-state index contributed by atoms with van der Waals surface area (Å²) in [5, 5.41) is 9.28. The number of carboxylic acid groups (broad SMARTS) is 1. The molecule has 4 saturated carbocycles. The zero-order valence-electron chi connectivity index (χ0n) is 24.0. The molecule has 4 heteroatoms. The molecule has 0 aliphatic heterocycles. The Hall–Kier alpha value is -2.10. The maximum atomic E-state index is 13.3. The monoisotopic (exact) mass is 520 g/mol. The van der Waals surface area contributed by atoms with Crippen LogP contribution >= 0.6 is 0 Å². The molecule has 0 aromatic heterocycles. The number of aliphatic carboxylic acids is 1. The molecule has 8 atom stereocenters. The maximum absolute atomic E-state index is 13.3. The molecule has 0 spiro atoms. The number of carbonyl (C=O) groups excluding carboxylic acids is 1. The van der Waals surface area contributed by atoms with Crippen molar-refractivity contribution in [3.05, 3.63) is 47.0 Å². The van der Waals surface area contributed by atoms with E-state index in [0.29, 0.717) is 34.7 Å². The Bertz CT molecular complexity index is 1060. The van der Waals surface area contributed by atoms with Gasteiger partial charge in [-0.15, -0.1) is 0 Å². The van der Waals surface area contributed by atoms with Gasteiger partial charge >= 0.3 is 11.9 Å². The van der Waals surface area contributed by atoms with Crippen LogP contribution in [0.15, 0.2) is 41.5 Å². The van der Waals surface area contributed by atoms with Gasteiger partial charge in [-0.05, 0) is 112 Å². The van der Waals surface area contributed by atoms with Gasteiger partial charge in [0.2, 0.25) is 0 Å². The lowest BCUT2D eigenvalue weighted by molar-refractivity contribution is -0.155. The lowest BCUT2D eigenvalue weighted by Gasteiger charge is -2.61. The Morgan fingerprint density at radius 3 is 2.55 bits per heavy atom. The maximum Gasteiger partial charge on any atom is 0.338 e. The van der Waals surface area contributed by atoms with Gasteiger partial charge in [-0.1, -0.05) is 63.0 Å². The van der Waals surface area contributed by atoms with E-state index >= 15 is 0 Å². The van der Waals surface area contributed by atoms with Crippen molar-refractivity contribution in [1.82, 2.24) is 0 Å². The molecule has 3 unspecified atom stereocenters. The lowest BCUT2D eigenvalue weighted by atomic mass is 9.44. The topological polar surface area (TPSA) is 63.6 Å². The fourth-order valence-corrected chi connectivity index (χ4v) is 9.60. The first kappa shape index (κ1) is 27.5. The first-order valence-electron chi connectivity index (χ1n) is 15.3. The molecule has 0 saturated heterocycles. The van der Waals surface area contributed by atoms with Crippen molar-refractivity contribution in [1.29, 1.82) is 0 Å². The normalized spacial score (nSPS) is 38.4. The van der Waals surface area contributed by atoms with E-state index in [1.807, 2.05) is 37.3 Å². The summed E-state index contributed by atoms with van der Waals surface area (Å²) in [7, 11) is 0. The van der Waals surface area contributed by atoms with Crippen molar-refractivity contribution in [2.75, 3.05) is 0 Å². The molecule has 208 valence electrons. The fourth-order valence-electron chi connectivity index (χ4n) is 9.60. The first-order chi connectivity index (χ1) is 18.1. The minimum atomic E-state index is -0.690. The average Bonchev–Trinajstić information content (AvgIpc) is 3.26. The van der Waals surface area contributed by atoms with E-state index in [4.69, 9.17) is 4.74 Å². The zero-order chi connectivity index (χ0) is 27.1. The molecule has 1 N–H and O–H groups in total. The smallest absolute Gasteiger partial charge is 0.338 e. The first-order valence-corrected chi connectivity index (χ1v) is 15.3. The SMILES string of the molecule is C/C(CCC[C@H](C)C(=O)O)=C1/CCC2C3C(CC[C@]12C)[C@@]1(C)CCCC[C@@H]1C[C@H]3OC(=O)c1ccccc1. The van der Waals surface area contributed by atoms with Crippen LogP contribution in [0.4, 0.5) is 0 Å². The number of rotatable bonds is 7. The fraction of sp³-hybridized carbons (Fsp3) is 0.706. The van der Waals surface area contributed by atoms with Crippen LogP contribution in [0.2, 0.25) is 0 Å². The highest BCUT2D eigenvalue weighted by Crippen LogP contribution is 2.68. The molecule has 0 bridgehead atoms. The zero-order valence-corrected chi connectivity index (χ0v) is 24.0. The van der Waals surface area contributed by atoms with E-state index < -0.39 is 5.97 Å². The number of esters is 1. The highest BCUT2D eigenvalue weighted by molar-refractivity contribution is 5.89. The number of benzene rings is 1. The number of ether oxygens (including phenoxy) is 1. The van der Waals surface area contributed by atoms with E-state index in [1.165, 1.54) is 50.5 Å². The summed E-state index contributed by atoms with van der Waals surface area (Å²) >= 11 is 0. The van der Waals surface area contributed by atoms with E-state index in [2.05, 4.69) is 20.8 Å². The second-order valence-corrected chi connectivity index (χ2v) is 13.7. The summed E-state index contributed by atoms with van der Waals surface area (Å²) in [6, 6.07) is 9.55. The summed E-state index contributed by atoms with van der Waals surface area (Å²) in [5.74, 6) is 1.15. The molecule has 1 aromatic carbocycles. The summed E-state index contributed by atoms with van der Waals surface area (Å²) in [5.41, 5.74) is 4.32. The second-order valence-electron chi connectivity index (χ2n) is 13.7. The molecule has 38 heavy (non-hydrogen) atoms. The Kier molecular flexibility index (Phi) is 7.82. The minimum Gasteiger partial charge on any atom is -0.481 e. The van der Waals surface area contributed by atoms with Crippen molar-refractivity contribution >= 4 is 11.9 Å². The number of carbonyl (C=O) groups is 2. The number of hydrogen-bond acceptors (Lipinski definition) is 3. The van der Waals surface area contributed by atoms with Crippen LogP contribution in [-0.2, 0) is 9.53 Å². The van der Waals surface area contributed by atoms with Gasteiger partial charge in [-0.2, -0.15) is 0 Å². The van der Waals surface area contributed by atoms with Crippen LogP contribution in [0.25, 0.3) is 0 Å². The highest BCUT2D eigenvalue weighted by atomic mass is 16.5. The van der Waals surface area contributed by atoms with Crippen LogP contribution in [0.3, 0.4) is 0 Å². The summed E-state index contributed by atoms with van der Waals surface area (Å²) in [6.07, 6.45) is 13.7. The predicted octanol–water partition coefficient (Wildman–Crippen LogP) is 8.46. The largest absolute Gasteiger partial charge is 0.481 e. The van der Waals surface area contributed by atoms with Crippen LogP contribution in [0.5, 0.6) is 0 Å². The van der Waals surface area contributed by atoms with E-state index in [9.17, 15) is 14.7 Å². The number of fused-ring (bicyclic) bond motifs is 5.